The molecule has 0 amide bonds. The largest absolute Gasteiger partial charge is 0.491 e. The number of carbonyl (C=O) groups excluding carboxylic acids is 1. The Hall–Kier alpha value is -2.42. The van der Waals surface area contributed by atoms with Crippen LogP contribution in [-0.2, 0) is 0 Å². The zero-order chi connectivity index (χ0) is 19.2. The summed E-state index contributed by atoms with van der Waals surface area (Å²) in [7, 11) is 0. The van der Waals surface area contributed by atoms with E-state index in [1.54, 1.807) is 41.1 Å². The first kappa shape index (κ1) is 19.3. The Morgan fingerprint density at radius 1 is 1.30 bits per heavy atom. The summed E-state index contributed by atoms with van der Waals surface area (Å²) in [6.07, 6.45) is -0.730. The van der Waals surface area contributed by atoms with Gasteiger partial charge in [0.15, 0.2) is 5.78 Å². The van der Waals surface area contributed by atoms with Gasteiger partial charge in [-0.05, 0) is 53.7 Å². The van der Waals surface area contributed by atoms with Gasteiger partial charge in [0.2, 0.25) is 5.16 Å². The number of hydrogen-bond acceptors (Lipinski definition) is 7. The van der Waals surface area contributed by atoms with Crippen molar-refractivity contribution in [3.05, 3.63) is 59.1 Å². The molecule has 140 valence electrons. The average molecular weight is 405 g/mol. The monoisotopic (exact) mass is 404 g/mol. The van der Waals surface area contributed by atoms with Gasteiger partial charge in [-0.15, -0.1) is 5.10 Å². The summed E-state index contributed by atoms with van der Waals surface area (Å²) in [5.74, 6) is 0.851. The van der Waals surface area contributed by atoms with Crippen LogP contribution in [0.5, 0.6) is 5.75 Å². The van der Waals surface area contributed by atoms with Crippen molar-refractivity contribution in [2.75, 3.05) is 12.4 Å². The van der Waals surface area contributed by atoms with E-state index in [-0.39, 0.29) is 12.4 Å². The maximum Gasteiger partial charge on any atom is 0.214 e. The van der Waals surface area contributed by atoms with Crippen LogP contribution in [0.3, 0.4) is 0 Å². The zero-order valence-electron chi connectivity index (χ0n) is 14.4. The van der Waals surface area contributed by atoms with Gasteiger partial charge in [0, 0.05) is 16.3 Å². The molecule has 1 heterocycles. The Bertz CT molecular complexity index is 917. The Morgan fingerprint density at radius 3 is 2.81 bits per heavy atom. The van der Waals surface area contributed by atoms with Crippen molar-refractivity contribution >= 4 is 29.1 Å². The van der Waals surface area contributed by atoms with Crippen LogP contribution >= 0.6 is 23.4 Å². The molecular formula is C18H17ClN4O3S. The number of hydrogen-bond donors (Lipinski definition) is 1. The van der Waals surface area contributed by atoms with Crippen LogP contribution in [0, 0.1) is 0 Å². The predicted octanol–water partition coefficient (Wildman–Crippen LogP) is 3.05. The van der Waals surface area contributed by atoms with Crippen LogP contribution in [0.1, 0.15) is 17.3 Å². The molecule has 7 nitrogen and oxygen atoms in total. The molecule has 0 spiro atoms. The number of nitrogens with zero attached hydrogens (tertiary/aromatic N) is 4. The summed E-state index contributed by atoms with van der Waals surface area (Å²) >= 11 is 7.21. The van der Waals surface area contributed by atoms with E-state index in [9.17, 15) is 9.90 Å². The van der Waals surface area contributed by atoms with Crippen molar-refractivity contribution in [3.63, 3.8) is 0 Å². The van der Waals surface area contributed by atoms with Gasteiger partial charge in [0.25, 0.3) is 0 Å². The third kappa shape index (κ3) is 5.29. The number of aromatic nitrogens is 4. The van der Waals surface area contributed by atoms with E-state index in [0.29, 0.717) is 27.2 Å². The van der Waals surface area contributed by atoms with Gasteiger partial charge < -0.3 is 9.84 Å². The number of tetrazole rings is 1. The summed E-state index contributed by atoms with van der Waals surface area (Å²) in [6.45, 7) is 1.59. The first-order valence-electron chi connectivity index (χ1n) is 8.12. The molecule has 9 heteroatoms. The van der Waals surface area contributed by atoms with Crippen LogP contribution in [0.2, 0.25) is 5.02 Å². The first-order chi connectivity index (χ1) is 13.0. The molecule has 0 bridgehead atoms. The molecule has 1 aromatic heterocycles. The number of aliphatic hydroxyl groups excluding tert-OH is 1. The topological polar surface area (TPSA) is 90.1 Å². The smallest absolute Gasteiger partial charge is 0.214 e. The van der Waals surface area contributed by atoms with E-state index < -0.39 is 6.10 Å². The fourth-order valence-corrected chi connectivity index (χ4v) is 3.15. The first-order valence-corrected chi connectivity index (χ1v) is 9.48. The number of rotatable bonds is 8. The number of aliphatic hydroxyl groups is 1. The molecule has 0 aliphatic carbocycles. The summed E-state index contributed by atoms with van der Waals surface area (Å²) in [4.78, 5) is 11.4. The second-order valence-corrected chi connectivity index (χ2v) is 7.13. The van der Waals surface area contributed by atoms with Crippen LogP contribution in [-0.4, -0.2) is 49.6 Å². The number of carbonyl (C=O) groups is 1. The number of halogens is 1. The minimum Gasteiger partial charge on any atom is -0.491 e. The van der Waals surface area contributed by atoms with Crippen molar-refractivity contribution in [2.24, 2.45) is 0 Å². The summed E-state index contributed by atoms with van der Waals surface area (Å²) in [5, 5.41) is 23.0. The van der Waals surface area contributed by atoms with Gasteiger partial charge in [-0.25, -0.2) is 0 Å². The third-order valence-corrected chi connectivity index (χ3v) is 4.92. The number of thioether (sulfide) groups is 1. The number of benzene rings is 2. The van der Waals surface area contributed by atoms with E-state index in [0.717, 1.165) is 5.69 Å². The molecular weight excluding hydrogens is 388 g/mol. The lowest BCUT2D eigenvalue weighted by molar-refractivity contribution is 0.101. The molecule has 27 heavy (non-hydrogen) atoms. The van der Waals surface area contributed by atoms with Gasteiger partial charge in [-0.1, -0.05) is 35.5 Å². The molecule has 0 saturated heterocycles. The highest BCUT2D eigenvalue weighted by atomic mass is 35.5. The van der Waals surface area contributed by atoms with Gasteiger partial charge in [-0.3, -0.25) is 4.79 Å². The lowest BCUT2D eigenvalue weighted by Crippen LogP contribution is -2.20. The Morgan fingerprint density at radius 2 is 2.07 bits per heavy atom. The molecule has 0 saturated carbocycles. The van der Waals surface area contributed by atoms with Gasteiger partial charge in [0.1, 0.15) is 12.4 Å². The Labute approximate surface area is 165 Å². The van der Waals surface area contributed by atoms with Crippen LogP contribution < -0.4 is 4.74 Å². The normalized spacial score (nSPS) is 12.0. The van der Waals surface area contributed by atoms with Crippen LogP contribution in [0.4, 0.5) is 0 Å². The molecule has 0 fully saturated rings. The minimum absolute atomic E-state index is 0.0365. The van der Waals surface area contributed by atoms with Gasteiger partial charge in [0.05, 0.1) is 11.8 Å². The molecule has 3 aromatic rings. The molecule has 3 rings (SSSR count). The molecule has 0 radical (unpaired) electrons. The quantitative estimate of drug-likeness (QED) is 0.455. The van der Waals surface area contributed by atoms with Crippen molar-refractivity contribution in [1.82, 2.24) is 20.2 Å². The number of Topliss-reactive ketones (excluding diaryl/α,β-unsaturated/α-hetero) is 1. The van der Waals surface area contributed by atoms with Gasteiger partial charge >= 0.3 is 0 Å². The second kappa shape index (κ2) is 8.98. The molecule has 0 aliphatic rings. The predicted molar refractivity (Wildman–Crippen MR) is 103 cm³/mol. The fraction of sp³-hybridized carbons (Fsp3) is 0.222. The summed E-state index contributed by atoms with van der Waals surface area (Å²) in [6, 6.07) is 14.0. The van der Waals surface area contributed by atoms with E-state index in [1.807, 2.05) is 12.1 Å². The highest BCUT2D eigenvalue weighted by Gasteiger charge is 2.13. The van der Waals surface area contributed by atoms with E-state index in [4.69, 9.17) is 16.3 Å². The van der Waals surface area contributed by atoms with E-state index in [2.05, 4.69) is 15.5 Å². The molecule has 0 aliphatic heterocycles. The minimum atomic E-state index is -0.730. The maximum absolute atomic E-state index is 11.4. The molecule has 1 N–H and O–H groups in total. The highest BCUT2D eigenvalue weighted by Crippen LogP contribution is 2.21. The zero-order valence-corrected chi connectivity index (χ0v) is 16.0. The lowest BCUT2D eigenvalue weighted by atomic mass is 10.1. The van der Waals surface area contributed by atoms with E-state index in [1.165, 1.54) is 18.7 Å². The Balaban J connectivity index is 1.55. The number of ketones is 1. The SMILES string of the molecule is CC(=O)c1cccc(OC[C@@H](O)CSc2nnnn2-c2ccc(Cl)cc2)c1. The second-order valence-electron chi connectivity index (χ2n) is 5.71. The standard InChI is InChI=1S/C18H17ClN4O3S/c1-12(24)13-3-2-4-17(9-13)26-10-16(25)11-27-18-20-21-22-23(18)15-7-5-14(19)6-8-15/h2-9,16,25H,10-11H2,1H3/t16-/m1/s1. The summed E-state index contributed by atoms with van der Waals surface area (Å²) in [5.41, 5.74) is 1.34. The molecule has 2 aromatic carbocycles. The third-order valence-electron chi connectivity index (χ3n) is 3.60. The van der Waals surface area contributed by atoms with Crippen molar-refractivity contribution in [3.8, 4) is 11.4 Å². The Kier molecular flexibility index (Phi) is 6.44. The van der Waals surface area contributed by atoms with E-state index >= 15 is 0 Å². The van der Waals surface area contributed by atoms with Crippen molar-refractivity contribution < 1.29 is 14.6 Å². The molecule has 0 unspecified atom stereocenters. The fourth-order valence-electron chi connectivity index (χ4n) is 2.23. The number of ether oxygens (including phenoxy) is 1. The maximum atomic E-state index is 11.4. The van der Waals surface area contributed by atoms with Crippen LogP contribution in [0.25, 0.3) is 5.69 Å². The van der Waals surface area contributed by atoms with Crippen molar-refractivity contribution in [1.29, 1.82) is 0 Å². The van der Waals surface area contributed by atoms with Gasteiger partial charge in [-0.2, -0.15) is 4.68 Å². The lowest BCUT2D eigenvalue weighted by Gasteiger charge is -2.12. The summed E-state index contributed by atoms with van der Waals surface area (Å²) < 4.78 is 7.14. The van der Waals surface area contributed by atoms with Crippen molar-refractivity contribution in [2.45, 2.75) is 18.2 Å². The molecule has 1 atom stereocenters. The van der Waals surface area contributed by atoms with Crippen LogP contribution in [0.15, 0.2) is 53.7 Å². The highest BCUT2D eigenvalue weighted by molar-refractivity contribution is 7.99. The average Bonchev–Trinajstić information content (AvgIpc) is 3.14.